The van der Waals surface area contributed by atoms with Gasteiger partial charge in [-0.2, -0.15) is 16.9 Å². The molecule has 6 nitrogen and oxygen atoms in total. The van der Waals surface area contributed by atoms with Crippen LogP contribution in [0.3, 0.4) is 0 Å². The Morgan fingerprint density at radius 3 is 2.64 bits per heavy atom. The van der Waals surface area contributed by atoms with E-state index < -0.39 is 24.0 Å². The van der Waals surface area contributed by atoms with Gasteiger partial charge in [0.15, 0.2) is 0 Å². The van der Waals surface area contributed by atoms with Gasteiger partial charge < -0.3 is 10.1 Å². The zero-order valence-corrected chi connectivity index (χ0v) is 21.7. The molecule has 0 fully saturated rings. The van der Waals surface area contributed by atoms with Gasteiger partial charge in [-0.3, -0.25) is 14.5 Å². The van der Waals surface area contributed by atoms with Gasteiger partial charge in [-0.1, -0.05) is 6.07 Å². The number of ether oxygens (including phenoxy) is 1. The highest BCUT2D eigenvalue weighted by molar-refractivity contribution is 7.97. The second-order valence-electron chi connectivity index (χ2n) is 9.54. The lowest BCUT2D eigenvalue weighted by Crippen LogP contribution is -2.22. The lowest BCUT2D eigenvalue weighted by Gasteiger charge is -2.18. The van der Waals surface area contributed by atoms with Crippen LogP contribution in [-0.4, -0.2) is 26.9 Å². The summed E-state index contributed by atoms with van der Waals surface area (Å²) in [5.74, 6) is -0.896. The number of halogens is 2. The number of pyridine rings is 1. The van der Waals surface area contributed by atoms with Crippen LogP contribution in [0.25, 0.3) is 10.9 Å². The fourth-order valence-corrected chi connectivity index (χ4v) is 4.28. The van der Waals surface area contributed by atoms with E-state index in [2.05, 4.69) is 15.4 Å². The average molecular weight is 511 g/mol. The SMILES string of the molecule is CSCc1ccc2nccc(Oc3cc(F)c(CC(=O)Nc4cnn(C(C)(C)C)c4)c(F)c3C)c2c1. The van der Waals surface area contributed by atoms with Crippen molar-refractivity contribution in [2.75, 3.05) is 11.6 Å². The van der Waals surface area contributed by atoms with Crippen LogP contribution in [0.5, 0.6) is 11.5 Å². The molecule has 1 N–H and O–H groups in total. The molecule has 0 saturated heterocycles. The molecular formula is C27H28F2N4O2S. The average Bonchev–Trinajstić information content (AvgIpc) is 3.30. The molecule has 2 aromatic heterocycles. The normalized spacial score (nSPS) is 11.6. The summed E-state index contributed by atoms with van der Waals surface area (Å²) in [6.45, 7) is 7.42. The predicted molar refractivity (Wildman–Crippen MR) is 140 cm³/mol. The predicted octanol–water partition coefficient (Wildman–Crippen LogP) is 6.61. The number of aromatic nitrogens is 3. The molecule has 36 heavy (non-hydrogen) atoms. The molecule has 0 aliphatic carbocycles. The zero-order chi connectivity index (χ0) is 26.0. The molecule has 0 unspecified atom stereocenters. The van der Waals surface area contributed by atoms with Gasteiger partial charge >= 0.3 is 0 Å². The van der Waals surface area contributed by atoms with E-state index in [0.717, 1.165) is 28.3 Å². The quantitative estimate of drug-likeness (QED) is 0.303. The van der Waals surface area contributed by atoms with Crippen LogP contribution in [0.2, 0.25) is 0 Å². The first-order chi connectivity index (χ1) is 17.1. The maximum atomic E-state index is 15.2. The summed E-state index contributed by atoms with van der Waals surface area (Å²) in [5, 5.41) is 7.62. The van der Waals surface area contributed by atoms with Gasteiger partial charge in [0, 0.05) is 40.7 Å². The van der Waals surface area contributed by atoms with Crippen LogP contribution in [-0.2, 0) is 22.5 Å². The Bertz CT molecular complexity index is 1430. The van der Waals surface area contributed by atoms with Crippen molar-refractivity contribution in [2.45, 2.75) is 45.4 Å². The number of amides is 1. The Morgan fingerprint density at radius 1 is 1.17 bits per heavy atom. The topological polar surface area (TPSA) is 69.0 Å². The Labute approximate surface area is 213 Å². The van der Waals surface area contributed by atoms with E-state index in [0.29, 0.717) is 11.4 Å². The number of hydrogen-bond acceptors (Lipinski definition) is 5. The van der Waals surface area contributed by atoms with E-state index in [9.17, 15) is 4.79 Å². The largest absolute Gasteiger partial charge is 0.456 e. The van der Waals surface area contributed by atoms with Crippen molar-refractivity contribution in [1.29, 1.82) is 0 Å². The van der Waals surface area contributed by atoms with Crippen molar-refractivity contribution in [3.05, 3.63) is 77.2 Å². The Kier molecular flexibility index (Phi) is 7.31. The summed E-state index contributed by atoms with van der Waals surface area (Å²) in [6.07, 6.45) is 6.32. The third-order valence-electron chi connectivity index (χ3n) is 5.70. The summed E-state index contributed by atoms with van der Waals surface area (Å²) < 4.78 is 37.9. The van der Waals surface area contributed by atoms with E-state index in [1.807, 2.05) is 45.2 Å². The number of carbonyl (C=O) groups is 1. The van der Waals surface area contributed by atoms with Crippen LogP contribution in [0, 0.1) is 18.6 Å². The summed E-state index contributed by atoms with van der Waals surface area (Å²) in [6, 6.07) is 8.65. The molecule has 2 aromatic carbocycles. The van der Waals surface area contributed by atoms with Gasteiger partial charge in [0.2, 0.25) is 5.91 Å². The Hall–Kier alpha value is -3.46. The molecule has 4 rings (SSSR count). The van der Waals surface area contributed by atoms with E-state index in [4.69, 9.17) is 4.74 Å². The van der Waals surface area contributed by atoms with Crippen molar-refractivity contribution in [3.63, 3.8) is 0 Å². The first-order valence-electron chi connectivity index (χ1n) is 11.4. The summed E-state index contributed by atoms with van der Waals surface area (Å²) in [5.41, 5.74) is 1.81. The lowest BCUT2D eigenvalue weighted by atomic mass is 10.0. The van der Waals surface area contributed by atoms with Crippen molar-refractivity contribution < 1.29 is 18.3 Å². The maximum Gasteiger partial charge on any atom is 0.229 e. The minimum absolute atomic E-state index is 0.0448. The van der Waals surface area contributed by atoms with E-state index in [1.165, 1.54) is 13.1 Å². The smallest absolute Gasteiger partial charge is 0.229 e. The number of anilines is 1. The van der Waals surface area contributed by atoms with Gasteiger partial charge in [-0.05, 0) is 57.7 Å². The standard InChI is InChI=1S/C27H28F2N4O2S/c1-16-24(35-23-8-9-30-22-7-6-17(15-36-5)10-20(22)23)12-21(28)19(26(16)29)11-25(34)32-18-13-31-33(14-18)27(2,3)4/h6-10,12-14H,11,15H2,1-5H3,(H,32,34). The molecule has 1 amide bonds. The van der Waals surface area contributed by atoms with Gasteiger partial charge in [-0.25, -0.2) is 8.78 Å². The van der Waals surface area contributed by atoms with Crippen molar-refractivity contribution >= 4 is 34.3 Å². The molecule has 0 aliphatic rings. The summed E-state index contributed by atoms with van der Waals surface area (Å²) in [4.78, 5) is 16.9. The highest BCUT2D eigenvalue weighted by Crippen LogP contribution is 2.34. The molecule has 0 bridgehead atoms. The van der Waals surface area contributed by atoms with E-state index in [1.54, 1.807) is 34.9 Å². The number of nitrogens with zero attached hydrogens (tertiary/aromatic N) is 3. The molecule has 9 heteroatoms. The van der Waals surface area contributed by atoms with Gasteiger partial charge in [0.1, 0.15) is 23.1 Å². The third kappa shape index (κ3) is 5.51. The number of nitrogens with one attached hydrogen (secondary N) is 1. The number of thioether (sulfide) groups is 1. The minimum atomic E-state index is -0.852. The van der Waals surface area contributed by atoms with Crippen LogP contribution in [0.4, 0.5) is 14.5 Å². The fraction of sp³-hybridized carbons (Fsp3) is 0.296. The molecule has 0 aliphatic heterocycles. The molecule has 0 spiro atoms. The number of rotatable bonds is 7. The second-order valence-corrected chi connectivity index (χ2v) is 10.4. The molecule has 2 heterocycles. The highest BCUT2D eigenvalue weighted by Gasteiger charge is 2.21. The monoisotopic (exact) mass is 510 g/mol. The number of benzene rings is 2. The van der Waals surface area contributed by atoms with Gasteiger partial charge in [0.05, 0.1) is 29.4 Å². The zero-order valence-electron chi connectivity index (χ0n) is 20.9. The maximum absolute atomic E-state index is 15.2. The molecule has 188 valence electrons. The number of carbonyl (C=O) groups excluding carboxylic acids is 1. The molecule has 0 atom stereocenters. The lowest BCUT2D eigenvalue weighted by molar-refractivity contribution is -0.115. The summed E-state index contributed by atoms with van der Waals surface area (Å²) in [7, 11) is 0. The van der Waals surface area contributed by atoms with E-state index in [-0.39, 0.29) is 22.4 Å². The molecule has 0 saturated carbocycles. The first kappa shape index (κ1) is 25.6. The van der Waals surface area contributed by atoms with Crippen molar-refractivity contribution in [3.8, 4) is 11.5 Å². The number of fused-ring (bicyclic) bond motifs is 1. The van der Waals surface area contributed by atoms with Crippen molar-refractivity contribution in [2.24, 2.45) is 0 Å². The summed E-state index contributed by atoms with van der Waals surface area (Å²) >= 11 is 1.69. The second kappa shape index (κ2) is 10.3. The third-order valence-corrected chi connectivity index (χ3v) is 6.32. The molecular weight excluding hydrogens is 482 g/mol. The van der Waals surface area contributed by atoms with Crippen LogP contribution in [0.15, 0.2) is 48.9 Å². The van der Waals surface area contributed by atoms with Crippen molar-refractivity contribution in [1.82, 2.24) is 14.8 Å². The van der Waals surface area contributed by atoms with Gasteiger partial charge in [-0.15, -0.1) is 0 Å². The van der Waals surface area contributed by atoms with Crippen LogP contribution in [0.1, 0.15) is 37.5 Å². The van der Waals surface area contributed by atoms with E-state index >= 15 is 8.78 Å². The first-order valence-corrected chi connectivity index (χ1v) is 12.8. The van der Waals surface area contributed by atoms with Crippen LogP contribution < -0.4 is 10.1 Å². The Balaban J connectivity index is 1.57. The highest BCUT2D eigenvalue weighted by atomic mass is 32.2. The fourth-order valence-electron chi connectivity index (χ4n) is 3.77. The van der Waals surface area contributed by atoms with Gasteiger partial charge in [0.25, 0.3) is 0 Å². The molecule has 0 radical (unpaired) electrons. The molecule has 4 aromatic rings. The Morgan fingerprint density at radius 2 is 1.94 bits per heavy atom. The minimum Gasteiger partial charge on any atom is -0.456 e. The number of hydrogen-bond donors (Lipinski definition) is 1. The van der Waals surface area contributed by atoms with Crippen LogP contribution >= 0.6 is 11.8 Å².